The third-order valence-corrected chi connectivity index (χ3v) is 3.44. The largest absolute Gasteiger partial charge is 0.307 e. The molecule has 0 atom stereocenters. The van der Waals surface area contributed by atoms with Crippen LogP contribution in [0.15, 0.2) is 18.2 Å². The zero-order valence-corrected chi connectivity index (χ0v) is 11.2. The minimum absolute atomic E-state index is 0.342. The van der Waals surface area contributed by atoms with Gasteiger partial charge in [0, 0.05) is 36.8 Å². The van der Waals surface area contributed by atoms with Gasteiger partial charge in [-0.05, 0) is 24.1 Å². The summed E-state index contributed by atoms with van der Waals surface area (Å²) in [5.41, 5.74) is 3.74. The average Bonchev–Trinajstić information content (AvgIpc) is 2.84. The zero-order valence-electron chi connectivity index (χ0n) is 11.2. The molecule has 0 saturated carbocycles. The number of nitrogens with zero attached hydrogens (tertiary/aromatic N) is 2. The maximum absolute atomic E-state index is 13.2. The number of aromatic nitrogens is 2. The highest BCUT2D eigenvalue weighted by Crippen LogP contribution is 2.19. The molecule has 3 nitrogen and oxygen atoms in total. The van der Waals surface area contributed by atoms with E-state index >= 15 is 0 Å². The smallest absolute Gasteiger partial charge is 0.133 e. The Morgan fingerprint density at radius 3 is 2.55 bits per heavy atom. The van der Waals surface area contributed by atoms with Crippen molar-refractivity contribution < 1.29 is 8.78 Å². The van der Waals surface area contributed by atoms with Gasteiger partial charge in [-0.15, -0.1) is 0 Å². The first-order chi connectivity index (χ1) is 9.65. The van der Waals surface area contributed by atoms with Crippen LogP contribution in [-0.4, -0.2) is 9.97 Å². The molecule has 1 aliphatic rings. The highest BCUT2D eigenvalue weighted by Gasteiger charge is 2.18. The Bertz CT molecular complexity index is 636. The Hall–Kier alpha value is -1.88. The summed E-state index contributed by atoms with van der Waals surface area (Å²) < 4.78 is 26.4. The van der Waals surface area contributed by atoms with Crippen LogP contribution < -0.4 is 5.32 Å². The predicted octanol–water partition coefficient (Wildman–Crippen LogP) is 2.51. The number of aryl methyl sites for hydroxylation is 1. The summed E-state index contributed by atoms with van der Waals surface area (Å²) >= 11 is 0. The van der Waals surface area contributed by atoms with Gasteiger partial charge in [0.25, 0.3) is 0 Å². The van der Waals surface area contributed by atoms with Crippen molar-refractivity contribution in [2.45, 2.75) is 32.9 Å². The van der Waals surface area contributed by atoms with Gasteiger partial charge in [0.2, 0.25) is 0 Å². The maximum atomic E-state index is 13.2. The highest BCUT2D eigenvalue weighted by atomic mass is 19.1. The Kier molecular flexibility index (Phi) is 3.44. The summed E-state index contributed by atoms with van der Waals surface area (Å²) in [7, 11) is 0. The number of halogens is 2. The van der Waals surface area contributed by atoms with E-state index in [9.17, 15) is 8.78 Å². The van der Waals surface area contributed by atoms with Crippen LogP contribution in [0.2, 0.25) is 0 Å². The molecule has 1 aromatic carbocycles. The normalized spacial score (nSPS) is 13.6. The number of hydrogen-bond acceptors (Lipinski definition) is 3. The van der Waals surface area contributed by atoms with E-state index in [1.807, 2.05) is 6.92 Å². The highest BCUT2D eigenvalue weighted by molar-refractivity contribution is 5.31. The van der Waals surface area contributed by atoms with Crippen LogP contribution in [0, 0.1) is 11.6 Å². The Morgan fingerprint density at radius 2 is 1.85 bits per heavy atom. The standard InChI is InChI=1S/C15H15F2N3/c1-2-13-12-7-18-8-14(12)20-15(19-13)5-9-3-10(16)6-11(17)4-9/h3-4,6,18H,2,5,7-8H2,1H3. The van der Waals surface area contributed by atoms with Crippen molar-refractivity contribution in [1.29, 1.82) is 0 Å². The number of fused-ring (bicyclic) bond motifs is 1. The molecule has 0 radical (unpaired) electrons. The minimum Gasteiger partial charge on any atom is -0.307 e. The summed E-state index contributed by atoms with van der Waals surface area (Å²) in [4.78, 5) is 9.02. The van der Waals surface area contributed by atoms with Crippen LogP contribution in [0.25, 0.3) is 0 Å². The van der Waals surface area contributed by atoms with Crippen molar-refractivity contribution in [2.75, 3.05) is 0 Å². The number of benzene rings is 1. The van der Waals surface area contributed by atoms with Crippen LogP contribution in [-0.2, 0) is 25.9 Å². The fourth-order valence-corrected chi connectivity index (χ4v) is 2.56. The molecule has 0 spiro atoms. The zero-order chi connectivity index (χ0) is 14.1. The Morgan fingerprint density at radius 1 is 1.10 bits per heavy atom. The van der Waals surface area contributed by atoms with Crippen molar-refractivity contribution in [3.8, 4) is 0 Å². The summed E-state index contributed by atoms with van der Waals surface area (Å²) in [5, 5.41) is 3.25. The van der Waals surface area contributed by atoms with E-state index in [1.165, 1.54) is 17.7 Å². The quantitative estimate of drug-likeness (QED) is 0.935. The van der Waals surface area contributed by atoms with E-state index in [1.54, 1.807) is 0 Å². The molecule has 20 heavy (non-hydrogen) atoms. The fraction of sp³-hybridized carbons (Fsp3) is 0.333. The SMILES string of the molecule is CCc1nc(Cc2cc(F)cc(F)c2)nc2c1CNC2. The summed E-state index contributed by atoms with van der Waals surface area (Å²) in [5.74, 6) is -0.522. The third kappa shape index (κ3) is 2.54. The summed E-state index contributed by atoms with van der Waals surface area (Å²) in [6.07, 6.45) is 1.17. The van der Waals surface area contributed by atoms with Gasteiger partial charge in [0.15, 0.2) is 0 Å². The first-order valence-electron chi connectivity index (χ1n) is 6.69. The topological polar surface area (TPSA) is 37.8 Å². The lowest BCUT2D eigenvalue weighted by Crippen LogP contribution is -2.06. The molecule has 0 saturated heterocycles. The molecule has 1 N–H and O–H groups in total. The lowest BCUT2D eigenvalue weighted by atomic mass is 10.1. The molecule has 2 heterocycles. The van der Waals surface area contributed by atoms with Crippen molar-refractivity contribution in [1.82, 2.24) is 15.3 Å². The van der Waals surface area contributed by atoms with Crippen molar-refractivity contribution in [2.24, 2.45) is 0 Å². The molecule has 0 bridgehead atoms. The second-order valence-electron chi connectivity index (χ2n) is 4.92. The maximum Gasteiger partial charge on any atom is 0.133 e. The number of rotatable bonds is 3. The Labute approximate surface area is 116 Å². The predicted molar refractivity (Wildman–Crippen MR) is 71.1 cm³/mol. The molecule has 0 aliphatic carbocycles. The van der Waals surface area contributed by atoms with E-state index in [0.29, 0.717) is 17.8 Å². The first kappa shape index (κ1) is 13.1. The molecule has 2 aromatic rings. The number of hydrogen-bond donors (Lipinski definition) is 1. The van der Waals surface area contributed by atoms with E-state index in [0.717, 1.165) is 37.0 Å². The van der Waals surface area contributed by atoms with E-state index in [2.05, 4.69) is 15.3 Å². The van der Waals surface area contributed by atoms with Crippen LogP contribution in [0.1, 0.15) is 35.3 Å². The third-order valence-electron chi connectivity index (χ3n) is 3.44. The van der Waals surface area contributed by atoms with Gasteiger partial charge in [0.1, 0.15) is 17.5 Å². The van der Waals surface area contributed by atoms with Gasteiger partial charge in [-0.25, -0.2) is 18.7 Å². The molecule has 3 rings (SSSR count). The fourth-order valence-electron chi connectivity index (χ4n) is 2.56. The molecular weight excluding hydrogens is 260 g/mol. The molecule has 104 valence electrons. The molecule has 1 aromatic heterocycles. The van der Waals surface area contributed by atoms with Gasteiger partial charge >= 0.3 is 0 Å². The molecule has 1 aliphatic heterocycles. The van der Waals surface area contributed by atoms with Gasteiger partial charge in [-0.2, -0.15) is 0 Å². The van der Waals surface area contributed by atoms with E-state index in [-0.39, 0.29) is 0 Å². The molecular formula is C15H15F2N3. The second-order valence-corrected chi connectivity index (χ2v) is 4.92. The lowest BCUT2D eigenvalue weighted by molar-refractivity contribution is 0.580. The van der Waals surface area contributed by atoms with Gasteiger partial charge in [0.05, 0.1) is 5.69 Å². The van der Waals surface area contributed by atoms with Gasteiger partial charge in [-0.3, -0.25) is 0 Å². The summed E-state index contributed by atoms with van der Waals surface area (Å²) in [6, 6.07) is 3.52. The van der Waals surface area contributed by atoms with Crippen molar-refractivity contribution in [3.05, 3.63) is 58.2 Å². The Balaban J connectivity index is 1.95. The molecule has 0 fully saturated rings. The second kappa shape index (κ2) is 5.25. The lowest BCUT2D eigenvalue weighted by Gasteiger charge is -2.08. The van der Waals surface area contributed by atoms with Crippen molar-refractivity contribution in [3.63, 3.8) is 0 Å². The van der Waals surface area contributed by atoms with Crippen LogP contribution in [0.3, 0.4) is 0 Å². The summed E-state index contributed by atoms with van der Waals surface area (Å²) in [6.45, 7) is 3.58. The van der Waals surface area contributed by atoms with Crippen LogP contribution >= 0.6 is 0 Å². The average molecular weight is 275 g/mol. The van der Waals surface area contributed by atoms with E-state index in [4.69, 9.17) is 0 Å². The first-order valence-corrected chi connectivity index (χ1v) is 6.69. The van der Waals surface area contributed by atoms with Crippen LogP contribution in [0.4, 0.5) is 8.78 Å². The molecule has 0 amide bonds. The van der Waals surface area contributed by atoms with Gasteiger partial charge in [-0.1, -0.05) is 6.92 Å². The van der Waals surface area contributed by atoms with Crippen molar-refractivity contribution >= 4 is 0 Å². The van der Waals surface area contributed by atoms with Crippen LogP contribution in [0.5, 0.6) is 0 Å². The van der Waals surface area contributed by atoms with E-state index < -0.39 is 11.6 Å². The number of nitrogens with one attached hydrogen (secondary N) is 1. The monoisotopic (exact) mass is 275 g/mol. The molecule has 5 heteroatoms. The van der Waals surface area contributed by atoms with Gasteiger partial charge < -0.3 is 5.32 Å². The minimum atomic E-state index is -0.571. The molecule has 0 unspecified atom stereocenters.